The minimum absolute atomic E-state index is 0.0505. The van der Waals surface area contributed by atoms with Gasteiger partial charge in [0, 0.05) is 12.8 Å². The van der Waals surface area contributed by atoms with Crippen LogP contribution >= 0.6 is 23.1 Å². The molecule has 2 unspecified atom stereocenters. The third-order valence-corrected chi connectivity index (χ3v) is 6.28. The minimum atomic E-state index is -0.360. The molecule has 2 aliphatic heterocycles. The first-order chi connectivity index (χ1) is 9.19. The maximum Gasteiger partial charge on any atom is 0.0928 e. The van der Waals surface area contributed by atoms with Crippen LogP contribution in [0.25, 0.3) is 0 Å². The Balaban J connectivity index is 1.70. The normalized spacial score (nSPS) is 28.4. The van der Waals surface area contributed by atoms with E-state index in [0.29, 0.717) is 5.92 Å². The van der Waals surface area contributed by atoms with Gasteiger partial charge in [-0.25, -0.2) is 4.98 Å². The summed E-state index contributed by atoms with van der Waals surface area (Å²) in [6.45, 7) is 2.79. The number of nitrogens with zero attached hydrogens (tertiary/aromatic N) is 1. The summed E-state index contributed by atoms with van der Waals surface area (Å²) in [5.41, 5.74) is 0.0505. The Morgan fingerprint density at radius 1 is 1.47 bits per heavy atom. The molecular weight excluding hydrogens is 278 g/mol. The molecule has 1 aromatic rings. The monoisotopic (exact) mass is 299 g/mol. The van der Waals surface area contributed by atoms with Gasteiger partial charge in [0.1, 0.15) is 0 Å². The average Bonchev–Trinajstić information content (AvgIpc) is 2.85. The molecule has 19 heavy (non-hydrogen) atoms. The highest BCUT2D eigenvalue weighted by molar-refractivity contribution is 7.99. The van der Waals surface area contributed by atoms with Gasteiger partial charge in [-0.1, -0.05) is 0 Å². The lowest BCUT2D eigenvalue weighted by Crippen LogP contribution is -2.44. The summed E-state index contributed by atoms with van der Waals surface area (Å²) in [6, 6.07) is 0. The van der Waals surface area contributed by atoms with Gasteiger partial charge >= 0.3 is 0 Å². The van der Waals surface area contributed by atoms with E-state index in [9.17, 15) is 5.11 Å². The first kappa shape index (κ1) is 13.9. The fourth-order valence-corrected chi connectivity index (χ4v) is 5.28. The molecule has 1 aromatic heterocycles. The zero-order chi connectivity index (χ0) is 13.3. The first-order valence-electron chi connectivity index (χ1n) is 7.01. The molecule has 3 rings (SSSR count). The third-order valence-electron chi connectivity index (χ3n) is 4.31. The van der Waals surface area contributed by atoms with Gasteiger partial charge in [0.25, 0.3) is 0 Å². The minimum Gasteiger partial charge on any atom is -0.387 e. The van der Waals surface area contributed by atoms with Gasteiger partial charge in [0.05, 0.1) is 21.6 Å². The summed E-state index contributed by atoms with van der Waals surface area (Å²) in [4.78, 5) is 5.28. The van der Waals surface area contributed by atoms with Crippen LogP contribution in [0.3, 0.4) is 0 Å². The quantitative estimate of drug-likeness (QED) is 0.911. The Bertz CT molecular complexity index is 423. The van der Waals surface area contributed by atoms with E-state index < -0.39 is 0 Å². The van der Waals surface area contributed by atoms with E-state index in [1.54, 1.807) is 11.3 Å². The van der Waals surface area contributed by atoms with E-state index in [1.165, 1.54) is 11.5 Å². The topological polar surface area (TPSA) is 42.4 Å². The Morgan fingerprint density at radius 2 is 2.26 bits per heavy atom. The van der Waals surface area contributed by atoms with Gasteiger partial charge < -0.3 is 9.84 Å². The Kier molecular flexibility index (Phi) is 4.17. The second-order valence-electron chi connectivity index (χ2n) is 5.62. The second kappa shape index (κ2) is 5.72. The lowest BCUT2D eigenvalue weighted by Gasteiger charge is -2.44. The predicted octanol–water partition coefficient (Wildman–Crippen LogP) is 3.18. The molecule has 5 heteroatoms. The van der Waals surface area contributed by atoms with Crippen LogP contribution in [0.2, 0.25) is 0 Å². The predicted molar refractivity (Wildman–Crippen MR) is 79.8 cm³/mol. The summed E-state index contributed by atoms with van der Waals surface area (Å²) in [5.74, 6) is 2.72. The third kappa shape index (κ3) is 2.99. The summed E-state index contributed by atoms with van der Waals surface area (Å²) < 4.78 is 6.09. The smallest absolute Gasteiger partial charge is 0.0928 e. The zero-order valence-corrected chi connectivity index (χ0v) is 12.9. The number of aliphatic hydroxyl groups excluding tert-OH is 1. The van der Waals surface area contributed by atoms with E-state index in [-0.39, 0.29) is 11.7 Å². The number of thioether (sulfide) groups is 1. The van der Waals surface area contributed by atoms with Gasteiger partial charge in [0.2, 0.25) is 0 Å². The Labute approximate surface area is 122 Å². The van der Waals surface area contributed by atoms with Crippen LogP contribution < -0.4 is 0 Å². The van der Waals surface area contributed by atoms with Crippen LogP contribution in [-0.4, -0.2) is 33.8 Å². The molecule has 0 radical (unpaired) electrons. The fourth-order valence-electron chi connectivity index (χ4n) is 3.17. The zero-order valence-electron chi connectivity index (χ0n) is 11.3. The molecule has 106 valence electrons. The Hall–Kier alpha value is -0.100. The number of thiazole rings is 1. The molecule has 0 saturated carbocycles. The molecule has 2 atom stereocenters. The molecule has 0 aliphatic carbocycles. The lowest BCUT2D eigenvalue weighted by atomic mass is 9.79. The van der Waals surface area contributed by atoms with Gasteiger partial charge in [-0.05, 0) is 50.0 Å². The summed E-state index contributed by atoms with van der Waals surface area (Å²) >= 11 is 3.64. The van der Waals surface area contributed by atoms with E-state index >= 15 is 0 Å². The molecule has 2 saturated heterocycles. The van der Waals surface area contributed by atoms with Gasteiger partial charge in [-0.3, -0.25) is 0 Å². The van der Waals surface area contributed by atoms with Crippen LogP contribution in [0.15, 0.2) is 6.20 Å². The van der Waals surface area contributed by atoms with Crippen molar-refractivity contribution in [2.75, 3.05) is 18.1 Å². The maximum absolute atomic E-state index is 10.6. The van der Waals surface area contributed by atoms with E-state index in [1.807, 2.05) is 24.9 Å². The highest BCUT2D eigenvalue weighted by Crippen LogP contribution is 2.44. The largest absolute Gasteiger partial charge is 0.387 e. The van der Waals surface area contributed by atoms with Crippen molar-refractivity contribution in [1.82, 2.24) is 4.98 Å². The van der Waals surface area contributed by atoms with E-state index in [0.717, 1.165) is 42.2 Å². The second-order valence-corrected chi connectivity index (χ2v) is 8.11. The first-order valence-corrected chi connectivity index (χ1v) is 8.98. The standard InChI is InChI=1S/C14H21NO2S2/c1-10-15-9-12(19-10)13(16)11-2-5-17-14(8-11)3-6-18-7-4-14/h9,11,13,16H,2-8H2,1H3. The number of aromatic nitrogens is 1. The summed E-state index contributed by atoms with van der Waals surface area (Å²) in [7, 11) is 0. The number of rotatable bonds is 2. The lowest BCUT2D eigenvalue weighted by molar-refractivity contribution is -0.120. The van der Waals surface area contributed by atoms with E-state index in [4.69, 9.17) is 4.74 Å². The van der Waals surface area contributed by atoms with Crippen molar-refractivity contribution in [2.45, 2.75) is 44.3 Å². The molecule has 1 N–H and O–H groups in total. The molecule has 3 nitrogen and oxygen atoms in total. The average molecular weight is 299 g/mol. The van der Waals surface area contributed by atoms with Gasteiger partial charge in [0.15, 0.2) is 0 Å². The molecule has 2 aliphatic rings. The molecular formula is C14H21NO2S2. The van der Waals surface area contributed by atoms with Crippen LogP contribution in [0, 0.1) is 12.8 Å². The molecule has 0 bridgehead atoms. The number of hydrogen-bond acceptors (Lipinski definition) is 5. The van der Waals surface area contributed by atoms with Crippen LogP contribution in [0.1, 0.15) is 41.7 Å². The van der Waals surface area contributed by atoms with Crippen LogP contribution in [0.5, 0.6) is 0 Å². The van der Waals surface area contributed by atoms with Crippen LogP contribution in [-0.2, 0) is 4.74 Å². The van der Waals surface area contributed by atoms with Gasteiger partial charge in [-0.2, -0.15) is 11.8 Å². The Morgan fingerprint density at radius 3 is 2.95 bits per heavy atom. The molecule has 1 spiro atoms. The summed E-state index contributed by atoms with van der Waals surface area (Å²) in [6.07, 6.45) is 5.73. The van der Waals surface area contributed by atoms with Crippen molar-refractivity contribution in [1.29, 1.82) is 0 Å². The molecule has 0 aromatic carbocycles. The molecule has 3 heterocycles. The van der Waals surface area contributed by atoms with Crippen molar-refractivity contribution in [2.24, 2.45) is 5.92 Å². The van der Waals surface area contributed by atoms with E-state index in [2.05, 4.69) is 4.98 Å². The van der Waals surface area contributed by atoms with Crippen molar-refractivity contribution >= 4 is 23.1 Å². The number of ether oxygens (including phenoxy) is 1. The highest BCUT2D eigenvalue weighted by atomic mass is 32.2. The molecule has 2 fully saturated rings. The SMILES string of the molecule is Cc1ncc(C(O)C2CCOC3(CCSCC3)C2)s1. The van der Waals surface area contributed by atoms with Crippen molar-refractivity contribution in [3.8, 4) is 0 Å². The van der Waals surface area contributed by atoms with Crippen molar-refractivity contribution in [3.63, 3.8) is 0 Å². The number of hydrogen-bond donors (Lipinski definition) is 1. The van der Waals surface area contributed by atoms with Gasteiger partial charge in [-0.15, -0.1) is 11.3 Å². The maximum atomic E-state index is 10.6. The van der Waals surface area contributed by atoms with Crippen LogP contribution in [0.4, 0.5) is 0 Å². The van der Waals surface area contributed by atoms with Crippen molar-refractivity contribution in [3.05, 3.63) is 16.1 Å². The highest BCUT2D eigenvalue weighted by Gasteiger charge is 2.41. The fraction of sp³-hybridized carbons (Fsp3) is 0.786. The van der Waals surface area contributed by atoms with Crippen molar-refractivity contribution < 1.29 is 9.84 Å². The molecule has 0 amide bonds. The summed E-state index contributed by atoms with van der Waals surface area (Å²) in [5, 5.41) is 11.6. The number of aliphatic hydroxyl groups is 1. The number of aryl methyl sites for hydroxylation is 1.